The summed E-state index contributed by atoms with van der Waals surface area (Å²) in [5.74, 6) is 0.649. The van der Waals surface area contributed by atoms with E-state index in [9.17, 15) is 0 Å². The maximum Gasteiger partial charge on any atom is 0.222 e. The second-order valence-corrected chi connectivity index (χ2v) is 5.36. The third-order valence-electron chi connectivity index (χ3n) is 3.53. The Morgan fingerprint density at radius 3 is 2.86 bits per heavy atom. The number of anilines is 1. The van der Waals surface area contributed by atoms with Crippen LogP contribution >= 0.6 is 0 Å². The molecule has 3 heterocycles. The van der Waals surface area contributed by atoms with Gasteiger partial charge < -0.3 is 10.6 Å². The first-order valence-corrected chi connectivity index (χ1v) is 7.18. The van der Waals surface area contributed by atoms with Crippen LogP contribution in [0.4, 0.5) is 5.95 Å². The molecule has 0 bridgehead atoms. The summed E-state index contributed by atoms with van der Waals surface area (Å²) in [6.07, 6.45) is 3.72. The van der Waals surface area contributed by atoms with Crippen molar-refractivity contribution in [1.82, 2.24) is 30.0 Å². The number of hydrogen-bond acceptors (Lipinski definition) is 6. The van der Waals surface area contributed by atoms with Crippen LogP contribution in [0.15, 0.2) is 18.5 Å². The number of rotatable bonds is 5. The normalized spacial score (nSPS) is 14.2. The highest BCUT2D eigenvalue weighted by Gasteiger charge is 2.13. The molecule has 21 heavy (non-hydrogen) atoms. The summed E-state index contributed by atoms with van der Waals surface area (Å²) in [5.41, 5.74) is 3.48. The van der Waals surface area contributed by atoms with Crippen molar-refractivity contribution in [1.29, 1.82) is 0 Å². The summed E-state index contributed by atoms with van der Waals surface area (Å²) in [6.45, 7) is 4.51. The lowest BCUT2D eigenvalue weighted by molar-refractivity contribution is 0.312. The Labute approximate surface area is 124 Å². The van der Waals surface area contributed by atoms with Crippen LogP contribution < -0.4 is 10.6 Å². The van der Waals surface area contributed by atoms with E-state index in [0.29, 0.717) is 5.95 Å². The molecule has 0 atom stereocenters. The molecule has 0 saturated heterocycles. The van der Waals surface area contributed by atoms with Crippen LogP contribution in [-0.4, -0.2) is 45.3 Å². The molecule has 112 valence electrons. The third-order valence-corrected chi connectivity index (χ3v) is 3.53. The van der Waals surface area contributed by atoms with E-state index in [4.69, 9.17) is 0 Å². The molecule has 2 aromatic rings. The Balaban J connectivity index is 1.60. The molecule has 3 rings (SSSR count). The third kappa shape index (κ3) is 3.37. The number of fused-ring (bicyclic) bond motifs is 1. The van der Waals surface area contributed by atoms with Crippen LogP contribution in [0.3, 0.4) is 0 Å². The average Bonchev–Trinajstić information content (AvgIpc) is 2.90. The number of nitrogens with one attached hydrogen (secondary N) is 2. The Morgan fingerprint density at radius 2 is 2.14 bits per heavy atom. The first-order chi connectivity index (χ1) is 10.2. The van der Waals surface area contributed by atoms with Crippen LogP contribution in [0.2, 0.25) is 0 Å². The van der Waals surface area contributed by atoms with E-state index >= 15 is 0 Å². The minimum absolute atomic E-state index is 0.649. The molecule has 2 N–H and O–H groups in total. The number of hydrogen-bond donors (Lipinski definition) is 2. The first-order valence-electron chi connectivity index (χ1n) is 7.18. The monoisotopic (exact) mass is 287 g/mol. The fraction of sp³-hybridized carbons (Fsp3) is 0.500. The van der Waals surface area contributed by atoms with Gasteiger partial charge in [0.2, 0.25) is 5.95 Å². The minimum Gasteiger partial charge on any atom is -0.357 e. The van der Waals surface area contributed by atoms with Gasteiger partial charge in [0.05, 0.1) is 17.9 Å². The van der Waals surface area contributed by atoms with E-state index < -0.39 is 0 Å². The zero-order valence-electron chi connectivity index (χ0n) is 12.5. The maximum absolute atomic E-state index is 4.65. The van der Waals surface area contributed by atoms with Gasteiger partial charge in [0.15, 0.2) is 0 Å². The van der Waals surface area contributed by atoms with Crippen LogP contribution in [0, 0.1) is 0 Å². The average molecular weight is 287 g/mol. The summed E-state index contributed by atoms with van der Waals surface area (Å²) in [4.78, 5) is 10.7. The van der Waals surface area contributed by atoms with E-state index in [1.807, 2.05) is 19.4 Å². The van der Waals surface area contributed by atoms with Crippen molar-refractivity contribution >= 4 is 5.95 Å². The topological polar surface area (TPSA) is 70.9 Å². The van der Waals surface area contributed by atoms with E-state index in [1.165, 1.54) is 5.69 Å². The highest BCUT2D eigenvalue weighted by atomic mass is 15.3. The molecule has 0 aromatic carbocycles. The van der Waals surface area contributed by atoms with Crippen LogP contribution in [0.25, 0.3) is 0 Å². The van der Waals surface area contributed by atoms with Crippen LogP contribution in [0.5, 0.6) is 0 Å². The van der Waals surface area contributed by atoms with Crippen LogP contribution in [-0.2, 0) is 26.2 Å². The van der Waals surface area contributed by atoms with Crippen molar-refractivity contribution in [2.75, 3.05) is 26.0 Å². The largest absolute Gasteiger partial charge is 0.357 e. The zero-order valence-corrected chi connectivity index (χ0v) is 12.5. The molecule has 0 unspecified atom stereocenters. The van der Waals surface area contributed by atoms with Crippen LogP contribution in [0.1, 0.15) is 17.0 Å². The molecule has 2 aromatic heterocycles. The fourth-order valence-corrected chi connectivity index (χ4v) is 2.54. The maximum atomic E-state index is 4.65. The molecular weight excluding hydrogens is 266 g/mol. The van der Waals surface area contributed by atoms with Gasteiger partial charge in [0, 0.05) is 51.2 Å². The van der Waals surface area contributed by atoms with Gasteiger partial charge in [-0.15, -0.1) is 0 Å². The van der Waals surface area contributed by atoms with E-state index in [-0.39, 0.29) is 0 Å². The summed E-state index contributed by atoms with van der Waals surface area (Å²) in [6, 6.07) is 2.18. The SMILES string of the molecule is CNc1ncc(CN(C)Cc2cc3n(n2)CCNC3)cn1. The van der Waals surface area contributed by atoms with E-state index in [1.54, 1.807) is 0 Å². The van der Waals surface area contributed by atoms with E-state index in [2.05, 4.69) is 48.4 Å². The molecule has 7 heteroatoms. The smallest absolute Gasteiger partial charge is 0.222 e. The molecule has 0 aliphatic carbocycles. The van der Waals surface area contributed by atoms with Gasteiger partial charge in [-0.2, -0.15) is 5.10 Å². The standard InChI is InChI=1S/C14H21N7/c1-15-14-17-6-11(7-18-14)9-20(2)10-12-5-13-8-16-3-4-21(13)19-12/h5-7,16H,3-4,8-10H2,1-2H3,(H,15,17,18). The Kier molecular flexibility index (Phi) is 4.12. The molecule has 0 spiro atoms. The molecule has 0 fully saturated rings. The molecule has 0 radical (unpaired) electrons. The predicted molar refractivity (Wildman–Crippen MR) is 80.7 cm³/mol. The van der Waals surface area contributed by atoms with Gasteiger partial charge in [0.1, 0.15) is 0 Å². The molecular formula is C14H21N7. The van der Waals surface area contributed by atoms with Crippen molar-refractivity contribution in [2.45, 2.75) is 26.2 Å². The Bertz CT molecular complexity index is 566. The van der Waals surface area contributed by atoms with E-state index in [0.717, 1.165) is 44.0 Å². The quantitative estimate of drug-likeness (QED) is 0.832. The molecule has 1 aliphatic rings. The van der Waals surface area contributed by atoms with Crippen molar-refractivity contribution in [3.8, 4) is 0 Å². The highest BCUT2D eigenvalue weighted by Crippen LogP contribution is 2.11. The summed E-state index contributed by atoms with van der Waals surface area (Å²) in [7, 11) is 3.90. The van der Waals surface area contributed by atoms with Gasteiger partial charge in [-0.25, -0.2) is 9.97 Å². The van der Waals surface area contributed by atoms with Gasteiger partial charge in [-0.1, -0.05) is 0 Å². The van der Waals surface area contributed by atoms with Gasteiger partial charge in [-0.05, 0) is 13.1 Å². The number of aromatic nitrogens is 4. The lowest BCUT2D eigenvalue weighted by atomic mass is 10.3. The highest BCUT2D eigenvalue weighted by molar-refractivity contribution is 5.23. The molecule has 0 saturated carbocycles. The van der Waals surface area contributed by atoms with Gasteiger partial charge in [-0.3, -0.25) is 9.58 Å². The molecule has 7 nitrogen and oxygen atoms in total. The lowest BCUT2D eigenvalue weighted by Crippen LogP contribution is -2.28. The van der Waals surface area contributed by atoms with Gasteiger partial charge >= 0.3 is 0 Å². The molecule has 0 amide bonds. The Morgan fingerprint density at radius 1 is 1.33 bits per heavy atom. The van der Waals surface area contributed by atoms with Crippen molar-refractivity contribution in [3.63, 3.8) is 0 Å². The predicted octanol–water partition coefficient (Wildman–Crippen LogP) is 0.450. The first kappa shape index (κ1) is 14.0. The second kappa shape index (κ2) is 6.19. The summed E-state index contributed by atoms with van der Waals surface area (Å²) < 4.78 is 2.10. The second-order valence-electron chi connectivity index (χ2n) is 5.36. The molecule has 1 aliphatic heterocycles. The summed E-state index contributed by atoms with van der Waals surface area (Å²) in [5, 5.41) is 10.9. The minimum atomic E-state index is 0.649. The summed E-state index contributed by atoms with van der Waals surface area (Å²) >= 11 is 0. The van der Waals surface area contributed by atoms with Gasteiger partial charge in [0.25, 0.3) is 0 Å². The Hall–Kier alpha value is -1.99. The lowest BCUT2D eigenvalue weighted by Gasteiger charge is -2.15. The fourth-order valence-electron chi connectivity index (χ4n) is 2.54. The van der Waals surface area contributed by atoms with Crippen molar-refractivity contribution in [2.24, 2.45) is 0 Å². The zero-order chi connectivity index (χ0) is 14.7. The number of nitrogens with zero attached hydrogens (tertiary/aromatic N) is 5. The van der Waals surface area contributed by atoms with Crippen molar-refractivity contribution < 1.29 is 0 Å². The van der Waals surface area contributed by atoms with Crippen molar-refractivity contribution in [3.05, 3.63) is 35.4 Å².